The molecule has 0 aliphatic heterocycles. The van der Waals surface area contributed by atoms with Crippen LogP contribution in [-0.4, -0.2) is 25.5 Å². The van der Waals surface area contributed by atoms with E-state index >= 15 is 0 Å². The number of rotatable bonds is 3. The lowest BCUT2D eigenvalue weighted by Crippen LogP contribution is -2.04. The molecule has 2 aromatic carbocycles. The first-order valence-corrected chi connectivity index (χ1v) is 8.23. The quantitative estimate of drug-likeness (QED) is 0.428. The first-order chi connectivity index (χ1) is 12.1. The number of hydrogen-bond donors (Lipinski definition) is 1. The van der Waals surface area contributed by atoms with E-state index in [0.717, 1.165) is 16.3 Å². The largest absolute Gasteiger partial charge is 0.259 e. The van der Waals surface area contributed by atoms with Crippen molar-refractivity contribution in [2.45, 2.75) is 6.92 Å². The number of hydrazone groups is 1. The molecule has 4 rings (SSSR count). The summed E-state index contributed by atoms with van der Waals surface area (Å²) in [5, 5.41) is 19.9. The van der Waals surface area contributed by atoms with Crippen molar-refractivity contribution in [3.63, 3.8) is 0 Å². The van der Waals surface area contributed by atoms with Crippen molar-refractivity contribution in [3.8, 4) is 0 Å². The van der Waals surface area contributed by atoms with Gasteiger partial charge in [0.05, 0.1) is 5.71 Å². The Morgan fingerprint density at radius 2 is 1.92 bits per heavy atom. The van der Waals surface area contributed by atoms with Crippen LogP contribution in [0.5, 0.6) is 0 Å². The van der Waals surface area contributed by atoms with Gasteiger partial charge in [-0.1, -0.05) is 47.5 Å². The predicted octanol–water partition coefficient (Wildman–Crippen LogP) is 4.42. The fourth-order valence-electron chi connectivity index (χ4n) is 2.58. The molecule has 2 heterocycles. The van der Waals surface area contributed by atoms with E-state index in [4.69, 9.17) is 23.2 Å². The second kappa shape index (κ2) is 6.31. The van der Waals surface area contributed by atoms with Gasteiger partial charge in [-0.05, 0) is 25.1 Å². The standard InChI is InChI=1S/C17H12Cl2N6/c1-10(14-8-11(18)6-7-15(14)19)21-22-16-12-4-2-3-5-13(12)17-23-20-9-25(17)24-16/h2-9H,1H3,(H,22,24). The van der Waals surface area contributed by atoms with Crippen LogP contribution in [0.15, 0.2) is 53.9 Å². The highest BCUT2D eigenvalue weighted by molar-refractivity contribution is 6.36. The van der Waals surface area contributed by atoms with Gasteiger partial charge >= 0.3 is 0 Å². The average Bonchev–Trinajstić information content (AvgIpc) is 3.10. The SMILES string of the molecule is CC(=NNc1nn2cnnc2c2ccccc12)c1cc(Cl)ccc1Cl. The molecule has 25 heavy (non-hydrogen) atoms. The molecular weight excluding hydrogens is 359 g/mol. The molecule has 2 aromatic heterocycles. The number of anilines is 1. The van der Waals surface area contributed by atoms with Gasteiger partial charge in [0.1, 0.15) is 6.33 Å². The van der Waals surface area contributed by atoms with Gasteiger partial charge in [-0.2, -0.15) is 9.62 Å². The van der Waals surface area contributed by atoms with Crippen LogP contribution in [0.4, 0.5) is 5.82 Å². The number of aromatic nitrogens is 4. The third-order valence-corrected chi connectivity index (χ3v) is 4.37. The molecule has 0 atom stereocenters. The molecular formula is C17H12Cl2N6. The van der Waals surface area contributed by atoms with E-state index in [2.05, 4.69) is 25.8 Å². The van der Waals surface area contributed by atoms with E-state index in [0.29, 0.717) is 27.2 Å². The van der Waals surface area contributed by atoms with Gasteiger partial charge in [0.2, 0.25) is 0 Å². The van der Waals surface area contributed by atoms with Gasteiger partial charge in [-0.25, -0.2) is 0 Å². The normalized spacial score (nSPS) is 12.0. The van der Waals surface area contributed by atoms with Crippen molar-refractivity contribution in [2.75, 3.05) is 5.43 Å². The molecule has 4 aromatic rings. The maximum atomic E-state index is 6.23. The number of benzene rings is 2. The van der Waals surface area contributed by atoms with Gasteiger partial charge in [-0.3, -0.25) is 5.43 Å². The van der Waals surface area contributed by atoms with Crippen LogP contribution < -0.4 is 5.43 Å². The van der Waals surface area contributed by atoms with E-state index in [-0.39, 0.29) is 0 Å². The molecule has 1 N–H and O–H groups in total. The predicted molar refractivity (Wildman–Crippen MR) is 101 cm³/mol. The fraction of sp³-hybridized carbons (Fsp3) is 0.0588. The molecule has 0 saturated heterocycles. The monoisotopic (exact) mass is 370 g/mol. The number of fused-ring (bicyclic) bond motifs is 3. The third-order valence-electron chi connectivity index (χ3n) is 3.81. The van der Waals surface area contributed by atoms with Crippen LogP contribution in [0.2, 0.25) is 10.0 Å². The van der Waals surface area contributed by atoms with Crippen LogP contribution in [0.25, 0.3) is 16.4 Å². The molecule has 0 aliphatic rings. The van der Waals surface area contributed by atoms with Gasteiger partial charge in [0.15, 0.2) is 11.5 Å². The number of nitrogens with zero attached hydrogens (tertiary/aromatic N) is 5. The molecule has 0 amide bonds. The zero-order valence-corrected chi connectivity index (χ0v) is 14.6. The smallest absolute Gasteiger partial charge is 0.185 e. The Bertz CT molecular complexity index is 1120. The van der Waals surface area contributed by atoms with Crippen molar-refractivity contribution in [1.82, 2.24) is 19.8 Å². The summed E-state index contributed by atoms with van der Waals surface area (Å²) >= 11 is 12.3. The Morgan fingerprint density at radius 1 is 1.12 bits per heavy atom. The first kappa shape index (κ1) is 15.8. The van der Waals surface area contributed by atoms with E-state index in [1.165, 1.54) is 0 Å². The van der Waals surface area contributed by atoms with Crippen molar-refractivity contribution < 1.29 is 0 Å². The maximum Gasteiger partial charge on any atom is 0.185 e. The van der Waals surface area contributed by atoms with E-state index in [1.54, 1.807) is 29.0 Å². The Hall–Kier alpha value is -2.70. The summed E-state index contributed by atoms with van der Waals surface area (Å²) in [7, 11) is 0. The third kappa shape index (κ3) is 2.90. The summed E-state index contributed by atoms with van der Waals surface area (Å²) in [5.41, 5.74) is 5.16. The molecule has 0 spiro atoms. The molecule has 0 unspecified atom stereocenters. The molecule has 0 fully saturated rings. The van der Waals surface area contributed by atoms with Gasteiger partial charge in [0.25, 0.3) is 0 Å². The lowest BCUT2D eigenvalue weighted by Gasteiger charge is -2.08. The van der Waals surface area contributed by atoms with Crippen molar-refractivity contribution in [3.05, 3.63) is 64.4 Å². The highest BCUT2D eigenvalue weighted by Gasteiger charge is 2.10. The van der Waals surface area contributed by atoms with E-state index in [1.807, 2.05) is 31.2 Å². The summed E-state index contributed by atoms with van der Waals surface area (Å²) < 4.78 is 1.61. The number of nitrogens with one attached hydrogen (secondary N) is 1. The molecule has 0 bridgehead atoms. The maximum absolute atomic E-state index is 6.23. The minimum atomic E-state index is 0.583. The van der Waals surface area contributed by atoms with Gasteiger partial charge in [0, 0.05) is 26.4 Å². The molecule has 0 saturated carbocycles. The lowest BCUT2D eigenvalue weighted by atomic mass is 10.1. The van der Waals surface area contributed by atoms with Crippen molar-refractivity contribution in [1.29, 1.82) is 0 Å². The van der Waals surface area contributed by atoms with E-state index in [9.17, 15) is 0 Å². The Balaban J connectivity index is 1.78. The fourth-order valence-corrected chi connectivity index (χ4v) is 3.01. The second-order valence-electron chi connectivity index (χ2n) is 5.43. The minimum Gasteiger partial charge on any atom is -0.259 e. The van der Waals surface area contributed by atoms with Gasteiger partial charge < -0.3 is 0 Å². The van der Waals surface area contributed by atoms with Crippen LogP contribution in [-0.2, 0) is 0 Å². The highest BCUT2D eigenvalue weighted by atomic mass is 35.5. The van der Waals surface area contributed by atoms with Crippen LogP contribution in [0, 0.1) is 0 Å². The Labute approximate surface area is 153 Å². The van der Waals surface area contributed by atoms with Crippen LogP contribution >= 0.6 is 23.2 Å². The first-order valence-electron chi connectivity index (χ1n) is 7.48. The zero-order valence-electron chi connectivity index (χ0n) is 13.1. The molecule has 124 valence electrons. The molecule has 0 aliphatic carbocycles. The number of hydrogen-bond acceptors (Lipinski definition) is 5. The minimum absolute atomic E-state index is 0.583. The highest BCUT2D eigenvalue weighted by Crippen LogP contribution is 2.25. The Morgan fingerprint density at radius 3 is 2.76 bits per heavy atom. The topological polar surface area (TPSA) is 67.5 Å². The Kier molecular flexibility index (Phi) is 3.99. The van der Waals surface area contributed by atoms with Crippen molar-refractivity contribution in [2.24, 2.45) is 5.10 Å². The average molecular weight is 371 g/mol. The number of halogens is 2. The summed E-state index contributed by atoms with van der Waals surface area (Å²) in [6.45, 7) is 1.85. The molecule has 8 heteroatoms. The zero-order chi connectivity index (χ0) is 17.4. The summed E-state index contributed by atoms with van der Waals surface area (Å²) in [5.74, 6) is 0.598. The van der Waals surface area contributed by atoms with Gasteiger partial charge in [-0.15, -0.1) is 15.3 Å². The van der Waals surface area contributed by atoms with E-state index < -0.39 is 0 Å². The summed E-state index contributed by atoms with van der Waals surface area (Å²) in [4.78, 5) is 0. The summed E-state index contributed by atoms with van der Waals surface area (Å²) in [6.07, 6.45) is 1.55. The van der Waals surface area contributed by atoms with Crippen molar-refractivity contribution >= 4 is 51.2 Å². The van der Waals surface area contributed by atoms with Crippen LogP contribution in [0.1, 0.15) is 12.5 Å². The molecule has 0 radical (unpaired) electrons. The lowest BCUT2D eigenvalue weighted by molar-refractivity contribution is 0.934. The second-order valence-corrected chi connectivity index (χ2v) is 6.27. The van der Waals surface area contributed by atoms with Crippen LogP contribution in [0.3, 0.4) is 0 Å². The summed E-state index contributed by atoms with van der Waals surface area (Å²) in [6, 6.07) is 13.1. The molecule has 6 nitrogen and oxygen atoms in total.